The Morgan fingerprint density at radius 3 is 2.79 bits per heavy atom. The predicted octanol–water partition coefficient (Wildman–Crippen LogP) is 3.43. The lowest BCUT2D eigenvalue weighted by Gasteiger charge is -2.05. The summed E-state index contributed by atoms with van der Waals surface area (Å²) in [5, 5.41) is 0. The molecule has 0 spiro atoms. The van der Waals surface area contributed by atoms with Crippen LogP contribution in [0.4, 0.5) is 0 Å². The second kappa shape index (κ2) is 4.94. The summed E-state index contributed by atoms with van der Waals surface area (Å²) in [5.74, 6) is 0.831. The summed E-state index contributed by atoms with van der Waals surface area (Å²) in [5.41, 5.74) is 2.32. The van der Waals surface area contributed by atoms with Crippen molar-refractivity contribution in [1.29, 1.82) is 0 Å². The zero-order valence-electron chi connectivity index (χ0n) is 9.05. The van der Waals surface area contributed by atoms with E-state index in [0.717, 1.165) is 24.8 Å². The molecule has 0 amide bonds. The number of carbonyl (C=O) groups is 1. The molecule has 1 atom stereocenters. The summed E-state index contributed by atoms with van der Waals surface area (Å²) in [6, 6.07) is 0. The van der Waals surface area contributed by atoms with Gasteiger partial charge in [-0.1, -0.05) is 37.3 Å². The average Bonchev–Trinajstić information content (AvgIpc) is 2.45. The number of hydrogen-bond acceptors (Lipinski definition) is 1. The van der Waals surface area contributed by atoms with Crippen molar-refractivity contribution >= 4 is 5.78 Å². The molecule has 1 heteroatoms. The quantitative estimate of drug-likeness (QED) is 0.621. The van der Waals surface area contributed by atoms with E-state index >= 15 is 0 Å². The lowest BCUT2D eigenvalue weighted by Crippen LogP contribution is -1.97. The molecule has 0 aromatic carbocycles. The lowest BCUT2D eigenvalue weighted by molar-refractivity contribution is -0.115. The molecule has 1 nitrogen and oxygen atoms in total. The molecule has 0 bridgehead atoms. The fourth-order valence-corrected chi connectivity index (χ4v) is 1.97. The maximum absolute atomic E-state index is 11.6. The Balaban J connectivity index is 2.74. The number of ketones is 1. The molecule has 0 N–H and O–H groups in total. The molecule has 76 valence electrons. The largest absolute Gasteiger partial charge is 0.295 e. The third kappa shape index (κ3) is 2.22. The molecule has 0 saturated carbocycles. The van der Waals surface area contributed by atoms with Crippen LogP contribution in [-0.4, -0.2) is 5.78 Å². The normalized spacial score (nSPS) is 22.4. The van der Waals surface area contributed by atoms with Crippen LogP contribution in [0.15, 0.2) is 36.0 Å². The molecular formula is C13H18O. The molecule has 0 radical (unpaired) electrons. The van der Waals surface area contributed by atoms with Gasteiger partial charge in [0.05, 0.1) is 0 Å². The van der Waals surface area contributed by atoms with E-state index in [4.69, 9.17) is 0 Å². The molecule has 0 aromatic heterocycles. The first-order chi connectivity index (χ1) is 6.70. The van der Waals surface area contributed by atoms with Gasteiger partial charge in [0.2, 0.25) is 0 Å². The molecule has 0 fully saturated rings. The van der Waals surface area contributed by atoms with Gasteiger partial charge in [0.15, 0.2) is 5.78 Å². The molecule has 1 aliphatic rings. The van der Waals surface area contributed by atoms with Crippen LogP contribution < -0.4 is 0 Å². The summed E-state index contributed by atoms with van der Waals surface area (Å²) in [6.07, 6.45) is 8.21. The molecule has 1 rings (SSSR count). The Kier molecular flexibility index (Phi) is 3.87. The van der Waals surface area contributed by atoms with Gasteiger partial charge >= 0.3 is 0 Å². The summed E-state index contributed by atoms with van der Waals surface area (Å²) in [6.45, 7) is 7.84. The van der Waals surface area contributed by atoms with Crippen molar-refractivity contribution in [2.24, 2.45) is 5.92 Å². The van der Waals surface area contributed by atoms with Gasteiger partial charge in [0.1, 0.15) is 0 Å². The van der Waals surface area contributed by atoms with Gasteiger partial charge in [-0.2, -0.15) is 0 Å². The van der Waals surface area contributed by atoms with Crippen LogP contribution in [0.3, 0.4) is 0 Å². The number of rotatable bonds is 4. The summed E-state index contributed by atoms with van der Waals surface area (Å²) in [4.78, 5) is 11.6. The van der Waals surface area contributed by atoms with E-state index in [1.165, 1.54) is 5.57 Å². The van der Waals surface area contributed by atoms with Gasteiger partial charge in [-0.05, 0) is 31.3 Å². The second-order valence-electron chi connectivity index (χ2n) is 3.76. The van der Waals surface area contributed by atoms with Crippen LogP contribution in [0.5, 0.6) is 0 Å². The molecular weight excluding hydrogens is 172 g/mol. The van der Waals surface area contributed by atoms with Crippen molar-refractivity contribution in [3.05, 3.63) is 36.0 Å². The lowest BCUT2D eigenvalue weighted by atomic mass is 9.99. The highest BCUT2D eigenvalue weighted by atomic mass is 16.1. The van der Waals surface area contributed by atoms with E-state index in [2.05, 4.69) is 20.4 Å². The average molecular weight is 190 g/mol. The molecule has 0 aromatic rings. The minimum Gasteiger partial charge on any atom is -0.295 e. The first-order valence-corrected chi connectivity index (χ1v) is 5.21. The summed E-state index contributed by atoms with van der Waals surface area (Å²) < 4.78 is 0. The minimum atomic E-state index is 0.336. The molecule has 0 saturated heterocycles. The van der Waals surface area contributed by atoms with Gasteiger partial charge in [-0.3, -0.25) is 4.79 Å². The topological polar surface area (TPSA) is 17.1 Å². The number of allylic oxidation sites excluding steroid dienone is 5. The third-order valence-electron chi connectivity index (χ3n) is 2.94. The van der Waals surface area contributed by atoms with Crippen LogP contribution in [-0.2, 0) is 4.79 Å². The van der Waals surface area contributed by atoms with Crippen molar-refractivity contribution in [1.82, 2.24) is 0 Å². The number of Topliss-reactive ketones (excluding diaryl/α,β-unsaturated/α-hetero) is 1. The standard InChI is InChI=1S/C13H18O/c1-4-6-7-8-12-10(3)11(5-2)9-13(12)14/h4,6-7,11H,1,5,8-9H2,2-3H3/b7-6-/t11-/m0/s1. The monoisotopic (exact) mass is 190 g/mol. The van der Waals surface area contributed by atoms with Crippen LogP contribution in [0.2, 0.25) is 0 Å². The molecule has 1 aliphatic carbocycles. The zero-order valence-corrected chi connectivity index (χ0v) is 9.05. The fraction of sp³-hybridized carbons (Fsp3) is 0.462. The maximum atomic E-state index is 11.6. The number of carbonyl (C=O) groups excluding carboxylic acids is 1. The Morgan fingerprint density at radius 2 is 2.29 bits per heavy atom. The highest BCUT2D eigenvalue weighted by Gasteiger charge is 2.26. The first kappa shape index (κ1) is 11.0. The van der Waals surface area contributed by atoms with Gasteiger partial charge in [-0.15, -0.1) is 0 Å². The Hall–Kier alpha value is -1.11. The van der Waals surface area contributed by atoms with Crippen LogP contribution >= 0.6 is 0 Å². The maximum Gasteiger partial charge on any atom is 0.159 e. The van der Waals surface area contributed by atoms with E-state index in [-0.39, 0.29) is 0 Å². The SMILES string of the molecule is C=C/C=C\CC1=C(C)[C@@H](CC)CC1=O. The third-order valence-corrected chi connectivity index (χ3v) is 2.94. The fourth-order valence-electron chi connectivity index (χ4n) is 1.97. The van der Waals surface area contributed by atoms with E-state index in [0.29, 0.717) is 11.7 Å². The minimum absolute atomic E-state index is 0.336. The van der Waals surface area contributed by atoms with Gasteiger partial charge in [0.25, 0.3) is 0 Å². The smallest absolute Gasteiger partial charge is 0.159 e. The zero-order chi connectivity index (χ0) is 10.6. The van der Waals surface area contributed by atoms with Crippen LogP contribution in [0.1, 0.15) is 33.1 Å². The first-order valence-electron chi connectivity index (χ1n) is 5.21. The second-order valence-corrected chi connectivity index (χ2v) is 3.76. The predicted molar refractivity (Wildman–Crippen MR) is 60.1 cm³/mol. The van der Waals surface area contributed by atoms with E-state index < -0.39 is 0 Å². The highest BCUT2D eigenvalue weighted by molar-refractivity contribution is 5.99. The van der Waals surface area contributed by atoms with Crippen LogP contribution in [0.25, 0.3) is 0 Å². The van der Waals surface area contributed by atoms with E-state index in [1.807, 2.05) is 12.2 Å². The van der Waals surface area contributed by atoms with Crippen molar-refractivity contribution in [2.45, 2.75) is 33.1 Å². The number of hydrogen-bond donors (Lipinski definition) is 0. The van der Waals surface area contributed by atoms with E-state index in [9.17, 15) is 4.79 Å². The molecule has 14 heavy (non-hydrogen) atoms. The van der Waals surface area contributed by atoms with Crippen molar-refractivity contribution in [3.63, 3.8) is 0 Å². The van der Waals surface area contributed by atoms with Crippen molar-refractivity contribution in [3.8, 4) is 0 Å². The molecule has 0 heterocycles. The summed E-state index contributed by atoms with van der Waals surface area (Å²) in [7, 11) is 0. The van der Waals surface area contributed by atoms with Crippen molar-refractivity contribution < 1.29 is 4.79 Å². The Bertz CT molecular complexity index is 294. The molecule has 0 unspecified atom stereocenters. The highest BCUT2D eigenvalue weighted by Crippen LogP contribution is 2.32. The Morgan fingerprint density at radius 1 is 1.57 bits per heavy atom. The molecule has 0 aliphatic heterocycles. The summed E-state index contributed by atoms with van der Waals surface area (Å²) >= 11 is 0. The van der Waals surface area contributed by atoms with Crippen molar-refractivity contribution in [2.75, 3.05) is 0 Å². The van der Waals surface area contributed by atoms with E-state index in [1.54, 1.807) is 6.08 Å². The Labute approximate surface area is 86.2 Å². The van der Waals surface area contributed by atoms with Crippen LogP contribution in [0, 0.1) is 5.92 Å². The van der Waals surface area contributed by atoms with Gasteiger partial charge < -0.3 is 0 Å². The van der Waals surface area contributed by atoms with Gasteiger partial charge in [0, 0.05) is 6.42 Å². The van der Waals surface area contributed by atoms with Gasteiger partial charge in [-0.25, -0.2) is 0 Å².